The van der Waals surface area contributed by atoms with E-state index in [1.54, 1.807) is 0 Å². The third kappa shape index (κ3) is 4.97. The highest BCUT2D eigenvalue weighted by molar-refractivity contribution is 8.05. The number of hydrogen-bond donors (Lipinski definition) is 2. The molecule has 0 saturated heterocycles. The highest BCUT2D eigenvalue weighted by Gasteiger charge is 2.66. The largest absolute Gasteiger partial charge is 0.512 e. The Morgan fingerprint density at radius 3 is 1.63 bits per heavy atom. The van der Waals surface area contributed by atoms with Crippen LogP contribution in [0.5, 0.6) is 0 Å². The molecule has 0 aromatic heterocycles. The van der Waals surface area contributed by atoms with Gasteiger partial charge < -0.3 is 4.74 Å². The molecule has 0 amide bonds. The van der Waals surface area contributed by atoms with Crippen LogP contribution >= 0.6 is 0 Å². The highest BCUT2D eigenvalue weighted by Crippen LogP contribution is 2.59. The quantitative estimate of drug-likeness (QED) is 0.335. The van der Waals surface area contributed by atoms with Crippen LogP contribution < -0.4 is 8.85 Å². The van der Waals surface area contributed by atoms with Gasteiger partial charge in [-0.25, -0.2) is 34.8 Å². The summed E-state index contributed by atoms with van der Waals surface area (Å²) in [6, 6.07) is 0. The number of nitrogens with one attached hydrogen (secondary N) is 2. The van der Waals surface area contributed by atoms with Gasteiger partial charge in [0.1, 0.15) is 5.60 Å². The summed E-state index contributed by atoms with van der Waals surface area (Å²) in [7, 11) is -19.7. The molecule has 0 aromatic rings. The van der Waals surface area contributed by atoms with E-state index in [-0.39, 0.29) is 29.8 Å². The Hall–Kier alpha value is -1.32. The number of carbonyl (C=O) groups excluding carboxylic acids is 1. The summed E-state index contributed by atoms with van der Waals surface area (Å²) in [4.78, 5) is 12.1. The van der Waals surface area contributed by atoms with Crippen molar-refractivity contribution in [3.05, 3.63) is 0 Å². The third-order valence-corrected chi connectivity index (χ3v) is 10.6. The number of esters is 1. The number of sulfonamides is 3. The van der Waals surface area contributed by atoms with E-state index >= 15 is 0 Å². The topological polar surface area (TPSA) is 153 Å². The van der Waals surface area contributed by atoms with Gasteiger partial charge in [-0.15, -0.1) is 0 Å². The second-order valence-corrected chi connectivity index (χ2v) is 14.2. The Morgan fingerprint density at radius 1 is 0.743 bits per heavy atom. The van der Waals surface area contributed by atoms with Crippen LogP contribution in [-0.4, -0.2) is 58.6 Å². The van der Waals surface area contributed by atoms with Crippen molar-refractivity contribution in [2.75, 3.05) is 0 Å². The standard InChI is InChI=1S/C14H16F8N2O8S3/c15-12(16,33(26,27)24-35(30,31)14(20,21)22)9(25)32-11-4-7-1-8(5-11)3-10(2-7,6-11)23-34(28,29)13(17,18)19/h7-8,23-24H,1-6H2. The molecular weight excluding hydrogens is 572 g/mol. The zero-order valence-corrected chi connectivity index (χ0v) is 19.4. The van der Waals surface area contributed by atoms with E-state index < -0.39 is 81.7 Å². The molecule has 2 unspecified atom stereocenters. The van der Waals surface area contributed by atoms with E-state index in [1.807, 2.05) is 0 Å². The summed E-state index contributed by atoms with van der Waals surface area (Å²) in [6.07, 6.45) is -1.31. The second kappa shape index (κ2) is 7.84. The molecule has 4 rings (SSSR count). The lowest BCUT2D eigenvalue weighted by Gasteiger charge is -2.61. The predicted octanol–water partition coefficient (Wildman–Crippen LogP) is 1.42. The van der Waals surface area contributed by atoms with Crippen LogP contribution in [0.25, 0.3) is 0 Å². The van der Waals surface area contributed by atoms with Crippen molar-refractivity contribution >= 4 is 36.0 Å². The maximum Gasteiger partial charge on any atom is 0.512 e. The molecule has 21 heteroatoms. The Balaban J connectivity index is 1.88. The number of alkyl halides is 8. The number of rotatable bonds is 7. The van der Waals surface area contributed by atoms with Crippen molar-refractivity contribution in [1.29, 1.82) is 0 Å². The van der Waals surface area contributed by atoms with Crippen molar-refractivity contribution in [2.45, 2.75) is 65.9 Å². The third-order valence-electron chi connectivity index (χ3n) is 6.07. The first kappa shape index (κ1) is 28.3. The molecule has 0 spiro atoms. The van der Waals surface area contributed by atoms with E-state index in [2.05, 4.69) is 4.74 Å². The Morgan fingerprint density at radius 2 is 1.20 bits per heavy atom. The van der Waals surface area contributed by atoms with Crippen molar-refractivity contribution < 1.29 is 69.9 Å². The molecule has 0 heterocycles. The number of carbonyl (C=O) groups is 1. The lowest BCUT2D eigenvalue weighted by Crippen LogP contribution is -2.67. The number of hydrogen-bond acceptors (Lipinski definition) is 8. The van der Waals surface area contributed by atoms with E-state index in [1.165, 1.54) is 4.72 Å². The summed E-state index contributed by atoms with van der Waals surface area (Å²) < 4.78 is 179. The summed E-state index contributed by atoms with van der Waals surface area (Å²) in [5.41, 5.74) is -16.0. The van der Waals surface area contributed by atoms with Crippen LogP contribution in [-0.2, 0) is 39.6 Å². The van der Waals surface area contributed by atoms with Crippen LogP contribution in [0.3, 0.4) is 0 Å². The smallest absolute Gasteiger partial charge is 0.454 e. The van der Waals surface area contributed by atoms with Crippen molar-refractivity contribution in [2.24, 2.45) is 11.8 Å². The predicted molar refractivity (Wildman–Crippen MR) is 96.3 cm³/mol. The van der Waals surface area contributed by atoms with Gasteiger partial charge in [-0.3, -0.25) is 0 Å². The van der Waals surface area contributed by atoms with Crippen LogP contribution in [0, 0.1) is 11.8 Å². The minimum absolute atomic E-state index is 0.168. The van der Waals surface area contributed by atoms with Gasteiger partial charge in [0.15, 0.2) is 0 Å². The first-order chi connectivity index (χ1) is 15.4. The first-order valence-corrected chi connectivity index (χ1v) is 13.9. The molecule has 4 bridgehead atoms. The van der Waals surface area contributed by atoms with Gasteiger partial charge in [-0.1, -0.05) is 4.13 Å². The van der Waals surface area contributed by atoms with E-state index in [9.17, 15) is 65.2 Å². The van der Waals surface area contributed by atoms with Crippen molar-refractivity contribution in [3.63, 3.8) is 0 Å². The lowest BCUT2D eigenvalue weighted by atomic mass is 9.51. The molecule has 4 fully saturated rings. The second-order valence-electron chi connectivity index (χ2n) is 8.92. The zero-order chi connectivity index (χ0) is 27.1. The molecule has 0 radical (unpaired) electrons. The fraction of sp³-hybridized carbons (Fsp3) is 0.929. The molecule has 4 aliphatic rings. The minimum Gasteiger partial charge on any atom is -0.454 e. The van der Waals surface area contributed by atoms with Gasteiger partial charge >= 0.3 is 52.3 Å². The molecule has 10 nitrogen and oxygen atoms in total. The van der Waals surface area contributed by atoms with Crippen LogP contribution in [0.15, 0.2) is 0 Å². The van der Waals surface area contributed by atoms with Gasteiger partial charge in [0, 0.05) is 12.0 Å². The molecule has 2 atom stereocenters. The molecule has 2 N–H and O–H groups in total. The normalized spacial score (nSPS) is 32.0. The molecule has 35 heavy (non-hydrogen) atoms. The summed E-state index contributed by atoms with van der Waals surface area (Å²) in [5, 5.41) is -5.87. The fourth-order valence-electron chi connectivity index (χ4n) is 5.37. The van der Waals surface area contributed by atoms with Crippen molar-refractivity contribution in [3.8, 4) is 0 Å². The zero-order valence-electron chi connectivity index (χ0n) is 16.9. The van der Waals surface area contributed by atoms with Crippen LogP contribution in [0.1, 0.15) is 38.5 Å². The maximum atomic E-state index is 14.3. The van der Waals surface area contributed by atoms with Gasteiger partial charge in [0.25, 0.3) is 0 Å². The minimum atomic E-state index is -6.88. The molecule has 0 aliphatic heterocycles. The average Bonchev–Trinajstić information content (AvgIpc) is 2.55. The fourth-order valence-corrected chi connectivity index (χ4v) is 8.51. The summed E-state index contributed by atoms with van der Waals surface area (Å²) in [6.45, 7) is 0. The van der Waals surface area contributed by atoms with Gasteiger partial charge in [0.2, 0.25) is 0 Å². The molecule has 4 aliphatic carbocycles. The molecule has 0 aromatic carbocycles. The highest BCUT2D eigenvalue weighted by atomic mass is 32.3. The molecular formula is C14H16F8N2O8S3. The Labute approximate surface area is 192 Å². The van der Waals surface area contributed by atoms with Gasteiger partial charge in [-0.05, 0) is 43.9 Å². The van der Waals surface area contributed by atoms with Crippen LogP contribution in [0.2, 0.25) is 0 Å². The Bertz CT molecular complexity index is 1210. The Kier molecular flexibility index (Phi) is 6.33. The number of halogens is 8. The lowest BCUT2D eigenvalue weighted by molar-refractivity contribution is -0.204. The summed E-state index contributed by atoms with van der Waals surface area (Å²) >= 11 is 0. The first-order valence-electron chi connectivity index (χ1n) is 9.42. The van der Waals surface area contributed by atoms with Gasteiger partial charge in [0.05, 0.1) is 0 Å². The van der Waals surface area contributed by atoms with Crippen molar-refractivity contribution in [1.82, 2.24) is 8.85 Å². The summed E-state index contributed by atoms with van der Waals surface area (Å²) in [5.74, 6) is -4.21. The SMILES string of the molecule is O=C(OC12CC3CC(CC(NS(=O)(=O)C(F)(F)F)(C3)C1)C2)C(F)(F)S(=O)(=O)NS(=O)(=O)C(F)(F)F. The average molecular weight is 588 g/mol. The van der Waals surface area contributed by atoms with E-state index in [0.717, 1.165) is 0 Å². The monoisotopic (exact) mass is 588 g/mol. The number of ether oxygens (including phenoxy) is 1. The van der Waals surface area contributed by atoms with Gasteiger partial charge in [-0.2, -0.15) is 35.1 Å². The molecule has 204 valence electrons. The van der Waals surface area contributed by atoms with E-state index in [0.29, 0.717) is 6.42 Å². The maximum absolute atomic E-state index is 14.3. The molecule has 4 saturated carbocycles. The van der Waals surface area contributed by atoms with Crippen LogP contribution in [0.4, 0.5) is 35.1 Å². The van der Waals surface area contributed by atoms with E-state index in [4.69, 9.17) is 0 Å².